The van der Waals surface area contributed by atoms with E-state index in [2.05, 4.69) is 22.6 Å². The van der Waals surface area contributed by atoms with Crippen LogP contribution in [0.25, 0.3) is 0 Å². The van der Waals surface area contributed by atoms with Gasteiger partial charge in [0.2, 0.25) is 12.3 Å². The molecule has 3 amide bonds. The third-order valence-corrected chi connectivity index (χ3v) is 6.43. The Kier molecular flexibility index (Phi) is 9.22. The predicted molar refractivity (Wildman–Crippen MR) is 133 cm³/mol. The van der Waals surface area contributed by atoms with E-state index in [0.717, 1.165) is 37.1 Å². The number of amides is 3. The molecular weight excluding hydrogens is 472 g/mol. The average Bonchev–Trinajstić information content (AvgIpc) is 2.86. The van der Waals surface area contributed by atoms with Crippen LogP contribution in [0.1, 0.15) is 39.1 Å². The van der Waals surface area contributed by atoms with Gasteiger partial charge in [-0.25, -0.2) is 4.79 Å². The molecule has 1 heterocycles. The average molecular weight is 501 g/mol. The standard InChI is InChI=1S/C25H29ClN4O5/c1-29(9-6-17-4-2-3-5-22(17)28-16-31)21-7-10-30(11-8-21)23(32)15-27-24(33)18-12-19(25(34)35)14-20(26)13-18/h2-5,12-14,16,21H,6-11,15H2,1H3,(H,27,33)(H,28,31)(H,34,35). The molecule has 0 spiro atoms. The Hall–Kier alpha value is -3.43. The molecule has 1 fully saturated rings. The molecule has 0 unspecified atom stereocenters. The number of halogens is 1. The van der Waals surface area contributed by atoms with Crippen LogP contribution in [0.15, 0.2) is 42.5 Å². The van der Waals surface area contributed by atoms with E-state index in [1.165, 1.54) is 18.2 Å². The Balaban J connectivity index is 1.45. The fourth-order valence-electron chi connectivity index (χ4n) is 4.19. The number of carboxylic acids is 1. The summed E-state index contributed by atoms with van der Waals surface area (Å²) in [4.78, 5) is 51.0. The van der Waals surface area contributed by atoms with Crippen molar-refractivity contribution in [2.45, 2.75) is 25.3 Å². The minimum atomic E-state index is -1.19. The molecule has 3 N–H and O–H groups in total. The van der Waals surface area contributed by atoms with Gasteiger partial charge >= 0.3 is 5.97 Å². The van der Waals surface area contributed by atoms with Crippen molar-refractivity contribution in [1.29, 1.82) is 0 Å². The van der Waals surface area contributed by atoms with Gasteiger partial charge in [0.1, 0.15) is 0 Å². The molecule has 1 saturated heterocycles. The zero-order valence-electron chi connectivity index (χ0n) is 19.5. The highest BCUT2D eigenvalue weighted by atomic mass is 35.5. The van der Waals surface area contributed by atoms with E-state index in [1.54, 1.807) is 4.90 Å². The number of rotatable bonds is 10. The number of carboxylic acid groups (broad SMARTS) is 1. The molecule has 9 nitrogen and oxygen atoms in total. The summed E-state index contributed by atoms with van der Waals surface area (Å²) in [5.41, 5.74) is 1.89. The minimum Gasteiger partial charge on any atom is -0.478 e. The fourth-order valence-corrected chi connectivity index (χ4v) is 4.43. The number of benzene rings is 2. The van der Waals surface area contributed by atoms with Gasteiger partial charge in [-0.3, -0.25) is 14.4 Å². The summed E-state index contributed by atoms with van der Waals surface area (Å²) in [6, 6.07) is 11.9. The fraction of sp³-hybridized carbons (Fsp3) is 0.360. The predicted octanol–water partition coefficient (Wildman–Crippen LogP) is 2.50. The molecule has 186 valence electrons. The van der Waals surface area contributed by atoms with Gasteiger partial charge < -0.3 is 25.5 Å². The lowest BCUT2D eigenvalue weighted by Crippen LogP contribution is -2.48. The molecule has 0 radical (unpaired) electrons. The van der Waals surface area contributed by atoms with Gasteiger partial charge in [-0.05, 0) is 56.1 Å². The maximum absolute atomic E-state index is 12.6. The van der Waals surface area contributed by atoms with Gasteiger partial charge in [-0.15, -0.1) is 0 Å². The van der Waals surface area contributed by atoms with E-state index in [0.29, 0.717) is 25.5 Å². The SMILES string of the molecule is CN(CCc1ccccc1NC=O)C1CCN(C(=O)CNC(=O)c2cc(Cl)cc(C(=O)O)c2)CC1. The summed E-state index contributed by atoms with van der Waals surface area (Å²) in [6.07, 6.45) is 3.12. The van der Waals surface area contributed by atoms with Crippen molar-refractivity contribution in [3.63, 3.8) is 0 Å². The van der Waals surface area contributed by atoms with Gasteiger partial charge in [0.15, 0.2) is 0 Å². The summed E-state index contributed by atoms with van der Waals surface area (Å²) < 4.78 is 0. The normalized spacial score (nSPS) is 14.0. The summed E-state index contributed by atoms with van der Waals surface area (Å²) in [5.74, 6) is -1.93. The first-order chi connectivity index (χ1) is 16.8. The van der Waals surface area contributed by atoms with Gasteiger partial charge in [0, 0.05) is 41.9 Å². The maximum atomic E-state index is 12.6. The van der Waals surface area contributed by atoms with Gasteiger partial charge in [0.05, 0.1) is 12.1 Å². The Morgan fingerprint density at radius 2 is 1.83 bits per heavy atom. The maximum Gasteiger partial charge on any atom is 0.335 e. The van der Waals surface area contributed by atoms with Crippen molar-refractivity contribution in [1.82, 2.24) is 15.1 Å². The molecule has 2 aromatic carbocycles. The molecule has 3 rings (SSSR count). The Morgan fingerprint density at radius 3 is 2.51 bits per heavy atom. The smallest absolute Gasteiger partial charge is 0.335 e. The molecule has 2 aromatic rings. The van der Waals surface area contributed by atoms with E-state index in [-0.39, 0.29) is 28.6 Å². The van der Waals surface area contributed by atoms with Crippen LogP contribution in [0.2, 0.25) is 5.02 Å². The van der Waals surface area contributed by atoms with Crippen LogP contribution in [0.4, 0.5) is 5.69 Å². The molecule has 0 aromatic heterocycles. The summed E-state index contributed by atoms with van der Waals surface area (Å²) in [6.45, 7) is 1.83. The Labute approximate surface area is 209 Å². The van der Waals surface area contributed by atoms with Crippen LogP contribution < -0.4 is 10.6 Å². The van der Waals surface area contributed by atoms with E-state index in [1.807, 2.05) is 24.3 Å². The van der Waals surface area contributed by atoms with Gasteiger partial charge in [-0.2, -0.15) is 0 Å². The third kappa shape index (κ3) is 7.27. The van der Waals surface area contributed by atoms with Gasteiger partial charge in [0.25, 0.3) is 5.91 Å². The molecule has 1 aliphatic heterocycles. The van der Waals surface area contributed by atoms with Crippen LogP contribution in [0.3, 0.4) is 0 Å². The van der Waals surface area contributed by atoms with E-state index in [4.69, 9.17) is 16.7 Å². The number of carbonyl (C=O) groups excluding carboxylic acids is 3. The van der Waals surface area contributed by atoms with Crippen LogP contribution >= 0.6 is 11.6 Å². The monoisotopic (exact) mass is 500 g/mol. The first-order valence-corrected chi connectivity index (χ1v) is 11.7. The number of piperidine rings is 1. The lowest BCUT2D eigenvalue weighted by atomic mass is 10.0. The summed E-state index contributed by atoms with van der Waals surface area (Å²) in [5, 5.41) is 14.5. The highest BCUT2D eigenvalue weighted by Gasteiger charge is 2.25. The number of hydrogen-bond acceptors (Lipinski definition) is 5. The van der Waals surface area contributed by atoms with Crippen molar-refractivity contribution in [2.24, 2.45) is 0 Å². The number of aromatic carboxylic acids is 1. The quantitative estimate of drug-likeness (QED) is 0.431. The largest absolute Gasteiger partial charge is 0.478 e. The molecule has 0 atom stereocenters. The second-order valence-electron chi connectivity index (χ2n) is 8.48. The minimum absolute atomic E-state index is 0.0907. The zero-order chi connectivity index (χ0) is 25.4. The van der Waals surface area contributed by atoms with Crippen molar-refractivity contribution >= 4 is 41.5 Å². The second kappa shape index (κ2) is 12.3. The topological polar surface area (TPSA) is 119 Å². The number of nitrogens with zero attached hydrogens (tertiary/aromatic N) is 2. The second-order valence-corrected chi connectivity index (χ2v) is 8.91. The summed E-state index contributed by atoms with van der Waals surface area (Å²) in [7, 11) is 2.06. The summed E-state index contributed by atoms with van der Waals surface area (Å²) >= 11 is 5.90. The van der Waals surface area contributed by atoms with Crippen molar-refractivity contribution in [2.75, 3.05) is 38.5 Å². The van der Waals surface area contributed by atoms with E-state index >= 15 is 0 Å². The molecule has 10 heteroatoms. The van der Waals surface area contributed by atoms with Crippen LogP contribution in [0.5, 0.6) is 0 Å². The van der Waals surface area contributed by atoms with Crippen molar-refractivity contribution < 1.29 is 24.3 Å². The zero-order valence-corrected chi connectivity index (χ0v) is 20.3. The number of carbonyl (C=O) groups is 4. The highest BCUT2D eigenvalue weighted by Crippen LogP contribution is 2.19. The van der Waals surface area contributed by atoms with Crippen LogP contribution in [-0.2, 0) is 16.0 Å². The molecular formula is C25H29ClN4O5. The van der Waals surface area contributed by atoms with Crippen LogP contribution in [-0.4, -0.2) is 78.4 Å². The third-order valence-electron chi connectivity index (χ3n) is 6.21. The van der Waals surface area contributed by atoms with Gasteiger partial charge in [-0.1, -0.05) is 29.8 Å². The number of hydrogen-bond donors (Lipinski definition) is 3. The molecule has 35 heavy (non-hydrogen) atoms. The van der Waals surface area contributed by atoms with E-state index in [9.17, 15) is 19.2 Å². The molecule has 0 aliphatic carbocycles. The molecule has 0 bridgehead atoms. The number of nitrogens with one attached hydrogen (secondary N) is 2. The lowest BCUT2D eigenvalue weighted by molar-refractivity contribution is -0.131. The number of para-hydroxylation sites is 1. The molecule has 1 aliphatic rings. The number of anilines is 1. The number of likely N-dealkylation sites (N-methyl/N-ethyl adjacent to an activating group) is 1. The first-order valence-electron chi connectivity index (χ1n) is 11.4. The van der Waals surface area contributed by atoms with Crippen molar-refractivity contribution in [3.8, 4) is 0 Å². The van der Waals surface area contributed by atoms with E-state index < -0.39 is 11.9 Å². The highest BCUT2D eigenvalue weighted by molar-refractivity contribution is 6.31. The molecule has 0 saturated carbocycles. The lowest BCUT2D eigenvalue weighted by Gasteiger charge is -2.37. The number of likely N-dealkylation sites (tertiary alicyclic amines) is 1. The van der Waals surface area contributed by atoms with Crippen LogP contribution in [0, 0.1) is 0 Å². The van der Waals surface area contributed by atoms with Crippen molar-refractivity contribution in [3.05, 3.63) is 64.2 Å². The first kappa shape index (κ1) is 26.2. The Bertz CT molecular complexity index is 1090. The Morgan fingerprint density at radius 1 is 1.14 bits per heavy atom.